The lowest BCUT2D eigenvalue weighted by molar-refractivity contribution is -0.137. The van der Waals surface area contributed by atoms with Crippen molar-refractivity contribution in [2.45, 2.75) is 43.2 Å². The summed E-state index contributed by atoms with van der Waals surface area (Å²) in [4.78, 5) is 14.9. The van der Waals surface area contributed by atoms with Crippen LogP contribution in [0.15, 0.2) is 42.5 Å². The highest BCUT2D eigenvalue weighted by atomic mass is 35.5. The first-order chi connectivity index (χ1) is 16.1. The topological polar surface area (TPSA) is 48.0 Å². The van der Waals surface area contributed by atoms with E-state index in [1.54, 1.807) is 7.11 Å². The zero-order valence-corrected chi connectivity index (χ0v) is 19.4. The van der Waals surface area contributed by atoms with Crippen molar-refractivity contribution in [2.75, 3.05) is 20.7 Å². The summed E-state index contributed by atoms with van der Waals surface area (Å²) in [6, 6.07) is 6.97. The smallest absolute Gasteiger partial charge is 0.417 e. The zero-order chi connectivity index (χ0) is 24.3. The Balaban J connectivity index is 1.43. The van der Waals surface area contributed by atoms with Gasteiger partial charge in [-0.15, -0.1) is 0 Å². The monoisotopic (exact) mass is 493 g/mol. The molecule has 2 heterocycles. The summed E-state index contributed by atoms with van der Waals surface area (Å²) in [5.41, 5.74) is 0.616. The Morgan fingerprint density at radius 2 is 2.06 bits per heavy atom. The highest BCUT2D eigenvalue weighted by molar-refractivity contribution is 6.31. The van der Waals surface area contributed by atoms with E-state index in [0.717, 1.165) is 37.2 Å². The second-order valence-electron chi connectivity index (χ2n) is 9.00. The Hall–Kier alpha value is -2.71. The second-order valence-corrected chi connectivity index (χ2v) is 9.40. The van der Waals surface area contributed by atoms with Gasteiger partial charge in [0.15, 0.2) is 11.5 Å². The number of carbonyl (C=O) groups is 1. The van der Waals surface area contributed by atoms with E-state index in [0.29, 0.717) is 17.9 Å². The predicted octanol–water partition coefficient (Wildman–Crippen LogP) is 5.39. The van der Waals surface area contributed by atoms with Crippen molar-refractivity contribution in [3.05, 3.63) is 69.8 Å². The minimum atomic E-state index is -4.67. The normalized spacial score (nSPS) is 25.7. The van der Waals surface area contributed by atoms with Gasteiger partial charge in [-0.2, -0.15) is 13.2 Å². The fourth-order valence-electron chi connectivity index (χ4n) is 5.23. The molecule has 0 bridgehead atoms. The molecule has 0 fully saturated rings. The van der Waals surface area contributed by atoms with Crippen LogP contribution < -0.4 is 9.47 Å². The highest BCUT2D eigenvalue weighted by Crippen LogP contribution is 2.55. The molecule has 0 amide bonds. The molecule has 3 atom stereocenters. The van der Waals surface area contributed by atoms with Crippen LogP contribution in [0.3, 0.4) is 0 Å². The van der Waals surface area contributed by atoms with Crippen LogP contribution in [0.1, 0.15) is 39.9 Å². The number of hydrogen-bond donors (Lipinski definition) is 0. The second kappa shape index (κ2) is 8.20. The van der Waals surface area contributed by atoms with Gasteiger partial charge in [0.25, 0.3) is 0 Å². The van der Waals surface area contributed by atoms with Crippen LogP contribution in [0.25, 0.3) is 0 Å². The van der Waals surface area contributed by atoms with E-state index < -0.39 is 28.8 Å². The van der Waals surface area contributed by atoms with Gasteiger partial charge in [0.1, 0.15) is 12.2 Å². The first kappa shape index (κ1) is 23.1. The number of hydrogen-bond acceptors (Lipinski definition) is 5. The van der Waals surface area contributed by atoms with Crippen LogP contribution in [0.2, 0.25) is 5.02 Å². The van der Waals surface area contributed by atoms with E-state index in [1.165, 1.54) is 11.6 Å². The Morgan fingerprint density at radius 3 is 2.79 bits per heavy atom. The van der Waals surface area contributed by atoms with Crippen molar-refractivity contribution < 1.29 is 32.2 Å². The number of nitrogens with zero attached hydrogens (tertiary/aromatic N) is 1. The van der Waals surface area contributed by atoms with E-state index in [2.05, 4.69) is 18.0 Å². The lowest BCUT2D eigenvalue weighted by atomic mass is 9.69. The maximum Gasteiger partial charge on any atom is 0.417 e. The van der Waals surface area contributed by atoms with E-state index >= 15 is 0 Å². The molecule has 0 aromatic heterocycles. The average molecular weight is 494 g/mol. The van der Waals surface area contributed by atoms with E-state index in [1.807, 2.05) is 18.2 Å². The largest absolute Gasteiger partial charge is 0.493 e. The fourth-order valence-corrected chi connectivity index (χ4v) is 5.45. The number of halogens is 4. The molecule has 2 aromatic rings. The molecule has 2 aromatic carbocycles. The van der Waals surface area contributed by atoms with Gasteiger partial charge in [-0.05, 0) is 55.9 Å². The Kier molecular flexibility index (Phi) is 5.56. The van der Waals surface area contributed by atoms with E-state index in [9.17, 15) is 18.0 Å². The summed E-state index contributed by atoms with van der Waals surface area (Å²) >= 11 is 5.67. The van der Waals surface area contributed by atoms with Crippen LogP contribution in [-0.4, -0.2) is 43.8 Å². The SMILES string of the molecule is COc1ccc2c3c1O[C@H]1CC(OC(=O)c4ccc(Cl)c(C(F)(F)F)c4)C=C[C@@]31CCN(C)C2. The van der Waals surface area contributed by atoms with Crippen molar-refractivity contribution in [1.82, 2.24) is 4.90 Å². The highest BCUT2D eigenvalue weighted by Gasteiger charge is 2.53. The average Bonchev–Trinajstić information content (AvgIpc) is 3.04. The molecule has 34 heavy (non-hydrogen) atoms. The predicted molar refractivity (Wildman–Crippen MR) is 119 cm³/mol. The lowest BCUT2D eigenvalue weighted by Gasteiger charge is -2.36. The number of alkyl halides is 3. The summed E-state index contributed by atoms with van der Waals surface area (Å²) < 4.78 is 57.1. The number of methoxy groups -OCH3 is 1. The van der Waals surface area contributed by atoms with Gasteiger partial charge >= 0.3 is 12.1 Å². The van der Waals surface area contributed by atoms with Gasteiger partial charge in [0.05, 0.1) is 28.7 Å². The molecule has 2 aliphatic heterocycles. The van der Waals surface area contributed by atoms with Crippen molar-refractivity contribution in [1.29, 1.82) is 0 Å². The Morgan fingerprint density at radius 1 is 1.26 bits per heavy atom. The summed E-state index contributed by atoms with van der Waals surface area (Å²) in [6.07, 6.45) is -0.538. The molecule has 0 N–H and O–H groups in total. The van der Waals surface area contributed by atoms with Gasteiger partial charge in [-0.1, -0.05) is 23.7 Å². The number of carbonyl (C=O) groups excluding carboxylic acids is 1. The third-order valence-electron chi connectivity index (χ3n) is 6.90. The first-order valence-electron chi connectivity index (χ1n) is 10.9. The van der Waals surface area contributed by atoms with Crippen molar-refractivity contribution >= 4 is 17.6 Å². The molecule has 1 spiro atoms. The van der Waals surface area contributed by atoms with Gasteiger partial charge < -0.3 is 19.1 Å². The molecular weight excluding hydrogens is 471 g/mol. The van der Waals surface area contributed by atoms with Crippen molar-refractivity contribution in [3.63, 3.8) is 0 Å². The van der Waals surface area contributed by atoms with Gasteiger partial charge in [0, 0.05) is 18.5 Å². The molecule has 1 unspecified atom stereocenters. The number of rotatable bonds is 3. The van der Waals surface area contributed by atoms with Crippen molar-refractivity contribution in [2.24, 2.45) is 0 Å². The Labute approximate surface area is 200 Å². The first-order valence-corrected chi connectivity index (χ1v) is 11.3. The van der Waals surface area contributed by atoms with Gasteiger partial charge in [-0.25, -0.2) is 4.79 Å². The van der Waals surface area contributed by atoms with Crippen molar-refractivity contribution in [3.8, 4) is 11.5 Å². The fraction of sp³-hybridized carbons (Fsp3) is 0.400. The van der Waals surface area contributed by atoms with Crippen LogP contribution in [-0.2, 0) is 22.9 Å². The molecule has 180 valence electrons. The van der Waals surface area contributed by atoms with Crippen LogP contribution in [0.5, 0.6) is 11.5 Å². The third-order valence-corrected chi connectivity index (χ3v) is 7.23. The third kappa shape index (κ3) is 3.73. The summed E-state index contributed by atoms with van der Waals surface area (Å²) in [5.74, 6) is 0.520. The zero-order valence-electron chi connectivity index (χ0n) is 18.6. The van der Waals surface area contributed by atoms with Gasteiger partial charge in [0.2, 0.25) is 0 Å². The number of ether oxygens (including phenoxy) is 3. The summed E-state index contributed by atoms with van der Waals surface area (Å²) in [5, 5.41) is -0.469. The molecule has 1 aliphatic carbocycles. The maximum atomic E-state index is 13.2. The lowest BCUT2D eigenvalue weighted by Crippen LogP contribution is -2.43. The van der Waals surface area contributed by atoms with Gasteiger partial charge in [-0.3, -0.25) is 0 Å². The number of benzene rings is 2. The minimum Gasteiger partial charge on any atom is -0.493 e. The molecule has 0 saturated carbocycles. The van der Waals surface area contributed by atoms with Crippen LogP contribution >= 0.6 is 11.6 Å². The molecule has 0 saturated heterocycles. The molecule has 5 rings (SSSR count). The standard InChI is InChI=1S/C25H23ClF3NO4/c1-30-10-9-24-8-7-16(33-23(31)14-3-5-18(26)17(11-14)25(27,28)29)12-20(24)34-22-19(32-2)6-4-15(13-30)21(22)24/h3-8,11,16,20H,9-10,12-13H2,1-2H3/t16?,20-,24-/m0/s1. The van der Waals surface area contributed by atoms with Crippen LogP contribution in [0, 0.1) is 0 Å². The Bertz CT molecular complexity index is 1180. The quantitative estimate of drug-likeness (QED) is 0.424. The van der Waals surface area contributed by atoms with E-state index in [4.69, 9.17) is 25.8 Å². The summed E-state index contributed by atoms with van der Waals surface area (Å²) in [7, 11) is 3.67. The molecule has 9 heteroatoms. The number of esters is 1. The molecule has 5 nitrogen and oxygen atoms in total. The maximum absolute atomic E-state index is 13.2. The molecular formula is C25H23ClF3NO4. The van der Waals surface area contributed by atoms with Crippen LogP contribution in [0.4, 0.5) is 13.2 Å². The molecule has 0 radical (unpaired) electrons. The molecule has 3 aliphatic rings. The summed E-state index contributed by atoms with van der Waals surface area (Å²) in [6.45, 7) is 1.64. The minimum absolute atomic E-state index is 0.207. The van der Waals surface area contributed by atoms with E-state index in [-0.39, 0.29) is 17.1 Å².